The first-order valence-electron chi connectivity index (χ1n) is 6.36. The van der Waals surface area contributed by atoms with E-state index >= 15 is 0 Å². The lowest BCUT2D eigenvalue weighted by molar-refractivity contribution is 0.208. The standard InChI is InChI=1S/C14H16Cl2N4O/c1-9(12-5-4-10(15)6-13(12)16)20(3)14(21)18-11-7-17-19(2)8-11/h4-9H,1-3H3,(H,18,21). The van der Waals surface area contributed by atoms with Gasteiger partial charge in [-0.3, -0.25) is 4.68 Å². The van der Waals surface area contributed by atoms with Gasteiger partial charge in [0.1, 0.15) is 0 Å². The van der Waals surface area contributed by atoms with Crippen LogP contribution in [0.2, 0.25) is 10.0 Å². The van der Waals surface area contributed by atoms with Crippen LogP contribution in [0.3, 0.4) is 0 Å². The first kappa shape index (κ1) is 15.7. The number of anilines is 1. The van der Waals surface area contributed by atoms with Gasteiger partial charge in [0, 0.05) is 30.3 Å². The van der Waals surface area contributed by atoms with Crippen LogP contribution in [-0.2, 0) is 7.05 Å². The highest BCUT2D eigenvalue weighted by Crippen LogP contribution is 2.29. The average molecular weight is 327 g/mol. The summed E-state index contributed by atoms with van der Waals surface area (Å²) >= 11 is 12.1. The number of aromatic nitrogens is 2. The molecule has 0 spiro atoms. The van der Waals surface area contributed by atoms with Crippen LogP contribution in [0.1, 0.15) is 18.5 Å². The van der Waals surface area contributed by atoms with Gasteiger partial charge in [-0.05, 0) is 24.6 Å². The number of hydrogen-bond acceptors (Lipinski definition) is 2. The van der Waals surface area contributed by atoms with Crippen molar-refractivity contribution < 1.29 is 4.79 Å². The van der Waals surface area contributed by atoms with Crippen molar-refractivity contribution in [3.63, 3.8) is 0 Å². The average Bonchev–Trinajstić information content (AvgIpc) is 2.82. The quantitative estimate of drug-likeness (QED) is 0.928. The van der Waals surface area contributed by atoms with E-state index in [1.165, 1.54) is 0 Å². The molecule has 1 aromatic carbocycles. The molecule has 112 valence electrons. The molecule has 0 radical (unpaired) electrons. The largest absolute Gasteiger partial charge is 0.322 e. The van der Waals surface area contributed by atoms with Crippen LogP contribution in [0.4, 0.5) is 10.5 Å². The maximum Gasteiger partial charge on any atom is 0.322 e. The molecule has 2 amide bonds. The van der Waals surface area contributed by atoms with Gasteiger partial charge < -0.3 is 10.2 Å². The molecule has 0 saturated heterocycles. The molecule has 2 rings (SSSR count). The van der Waals surface area contributed by atoms with E-state index in [1.807, 2.05) is 13.0 Å². The molecular formula is C14H16Cl2N4O. The van der Waals surface area contributed by atoms with Crippen LogP contribution in [0.25, 0.3) is 0 Å². The Morgan fingerprint density at radius 2 is 2.14 bits per heavy atom. The number of hydrogen-bond donors (Lipinski definition) is 1. The number of amides is 2. The number of carbonyl (C=O) groups is 1. The highest BCUT2D eigenvalue weighted by atomic mass is 35.5. The van der Waals surface area contributed by atoms with Gasteiger partial charge in [0.25, 0.3) is 0 Å². The third-order valence-corrected chi connectivity index (χ3v) is 3.83. The Morgan fingerprint density at radius 3 is 2.71 bits per heavy atom. The van der Waals surface area contributed by atoms with Gasteiger partial charge in [-0.25, -0.2) is 4.79 Å². The number of rotatable bonds is 3. The van der Waals surface area contributed by atoms with Crippen molar-refractivity contribution in [1.29, 1.82) is 0 Å². The predicted molar refractivity (Wildman–Crippen MR) is 84.9 cm³/mol. The molecule has 1 heterocycles. The highest BCUT2D eigenvalue weighted by Gasteiger charge is 2.20. The van der Waals surface area contributed by atoms with Crippen LogP contribution in [0.15, 0.2) is 30.6 Å². The van der Waals surface area contributed by atoms with Crippen molar-refractivity contribution in [2.24, 2.45) is 7.05 Å². The van der Waals surface area contributed by atoms with E-state index in [1.54, 1.807) is 48.2 Å². The van der Waals surface area contributed by atoms with E-state index in [9.17, 15) is 4.79 Å². The van der Waals surface area contributed by atoms with E-state index in [0.29, 0.717) is 15.7 Å². The number of benzene rings is 1. The van der Waals surface area contributed by atoms with Gasteiger partial charge in [-0.15, -0.1) is 0 Å². The summed E-state index contributed by atoms with van der Waals surface area (Å²) in [7, 11) is 3.50. The minimum absolute atomic E-state index is 0.188. The van der Waals surface area contributed by atoms with Crippen LogP contribution in [-0.4, -0.2) is 27.8 Å². The lowest BCUT2D eigenvalue weighted by Gasteiger charge is -2.26. The molecule has 0 bridgehead atoms. The zero-order chi connectivity index (χ0) is 15.6. The van der Waals surface area contributed by atoms with Gasteiger partial charge in [-0.2, -0.15) is 5.10 Å². The third kappa shape index (κ3) is 3.68. The highest BCUT2D eigenvalue weighted by molar-refractivity contribution is 6.35. The molecule has 0 fully saturated rings. The van der Waals surface area contributed by atoms with Gasteiger partial charge in [0.15, 0.2) is 0 Å². The number of carbonyl (C=O) groups excluding carboxylic acids is 1. The molecule has 0 aliphatic heterocycles. The molecule has 7 heteroatoms. The smallest absolute Gasteiger partial charge is 0.321 e. The first-order valence-corrected chi connectivity index (χ1v) is 7.11. The maximum absolute atomic E-state index is 12.2. The van der Waals surface area contributed by atoms with E-state index in [4.69, 9.17) is 23.2 Å². The van der Waals surface area contributed by atoms with Crippen molar-refractivity contribution in [3.05, 3.63) is 46.2 Å². The Bertz CT molecular complexity index is 656. The van der Waals surface area contributed by atoms with Crippen molar-refractivity contribution in [1.82, 2.24) is 14.7 Å². The molecule has 1 N–H and O–H groups in total. The van der Waals surface area contributed by atoms with Crippen molar-refractivity contribution >= 4 is 34.9 Å². The SMILES string of the molecule is CC(c1ccc(Cl)cc1Cl)N(C)C(=O)Nc1cnn(C)c1. The molecule has 0 aliphatic rings. The predicted octanol–water partition coefficient (Wildman–Crippen LogP) is 3.95. The molecule has 2 aromatic rings. The molecule has 0 saturated carbocycles. The monoisotopic (exact) mass is 326 g/mol. The van der Waals surface area contributed by atoms with Crippen molar-refractivity contribution in [3.8, 4) is 0 Å². The lowest BCUT2D eigenvalue weighted by atomic mass is 10.1. The summed E-state index contributed by atoms with van der Waals surface area (Å²) in [6.07, 6.45) is 3.32. The van der Waals surface area contributed by atoms with Gasteiger partial charge in [0.2, 0.25) is 0 Å². The summed E-state index contributed by atoms with van der Waals surface area (Å²) in [4.78, 5) is 13.8. The Morgan fingerprint density at radius 1 is 1.43 bits per heavy atom. The second kappa shape index (κ2) is 6.37. The molecule has 21 heavy (non-hydrogen) atoms. The molecule has 1 unspecified atom stereocenters. The van der Waals surface area contributed by atoms with Crippen molar-refractivity contribution in [2.45, 2.75) is 13.0 Å². The van der Waals surface area contributed by atoms with Gasteiger partial charge in [0.05, 0.1) is 17.9 Å². The number of nitrogens with one attached hydrogen (secondary N) is 1. The van der Waals surface area contributed by atoms with Gasteiger partial charge >= 0.3 is 6.03 Å². The minimum Gasteiger partial charge on any atom is -0.321 e. The Kier molecular flexibility index (Phi) is 4.75. The van der Waals surface area contributed by atoms with E-state index < -0.39 is 0 Å². The van der Waals surface area contributed by atoms with Crippen LogP contribution in [0.5, 0.6) is 0 Å². The Labute approximate surface area is 133 Å². The summed E-state index contributed by atoms with van der Waals surface area (Å²) in [5, 5.41) is 7.89. The van der Waals surface area contributed by atoms with Crippen LogP contribution >= 0.6 is 23.2 Å². The second-order valence-electron chi connectivity index (χ2n) is 4.79. The molecule has 1 atom stereocenters. The summed E-state index contributed by atoms with van der Waals surface area (Å²) in [6.45, 7) is 1.90. The maximum atomic E-state index is 12.2. The molecule has 0 aliphatic carbocycles. The first-order chi connectivity index (χ1) is 9.88. The minimum atomic E-state index is -0.235. The fourth-order valence-corrected chi connectivity index (χ4v) is 2.49. The van der Waals surface area contributed by atoms with E-state index in [2.05, 4.69) is 10.4 Å². The fraction of sp³-hybridized carbons (Fsp3) is 0.286. The van der Waals surface area contributed by atoms with Gasteiger partial charge in [-0.1, -0.05) is 29.3 Å². The Hall–Kier alpha value is -1.72. The summed E-state index contributed by atoms with van der Waals surface area (Å²) in [5.41, 5.74) is 1.48. The fourth-order valence-electron chi connectivity index (χ4n) is 1.92. The van der Waals surface area contributed by atoms with Crippen LogP contribution in [0, 0.1) is 0 Å². The van der Waals surface area contributed by atoms with E-state index in [-0.39, 0.29) is 12.1 Å². The van der Waals surface area contributed by atoms with Crippen molar-refractivity contribution in [2.75, 3.05) is 12.4 Å². The van der Waals surface area contributed by atoms with E-state index in [0.717, 1.165) is 5.56 Å². The zero-order valence-electron chi connectivity index (χ0n) is 12.0. The summed E-state index contributed by atoms with van der Waals surface area (Å²) in [5.74, 6) is 0. The summed E-state index contributed by atoms with van der Waals surface area (Å²) in [6, 6.07) is 4.82. The van der Waals surface area contributed by atoms with Crippen LogP contribution < -0.4 is 5.32 Å². The number of nitrogens with zero attached hydrogens (tertiary/aromatic N) is 3. The normalized spacial score (nSPS) is 12.0. The Balaban J connectivity index is 2.10. The zero-order valence-corrected chi connectivity index (χ0v) is 13.5. The molecule has 1 aromatic heterocycles. The topological polar surface area (TPSA) is 50.2 Å². The lowest BCUT2D eigenvalue weighted by Crippen LogP contribution is -2.33. The number of halogens is 2. The third-order valence-electron chi connectivity index (χ3n) is 3.27. The molecular weight excluding hydrogens is 311 g/mol. The number of aryl methyl sites for hydroxylation is 1. The second-order valence-corrected chi connectivity index (χ2v) is 5.63. The molecule has 5 nitrogen and oxygen atoms in total. The summed E-state index contributed by atoms with van der Waals surface area (Å²) < 4.78 is 1.62. The number of urea groups is 1.